The van der Waals surface area contributed by atoms with Crippen molar-refractivity contribution in [2.24, 2.45) is 0 Å². The van der Waals surface area contributed by atoms with Gasteiger partial charge in [0.25, 0.3) is 0 Å². The van der Waals surface area contributed by atoms with Gasteiger partial charge < -0.3 is 25.3 Å². The van der Waals surface area contributed by atoms with Gasteiger partial charge in [-0.2, -0.15) is 0 Å². The fourth-order valence-corrected chi connectivity index (χ4v) is 0.689. The molecule has 1 unspecified atom stereocenters. The van der Waals surface area contributed by atoms with Crippen molar-refractivity contribution < 1.29 is 25.3 Å². The second kappa shape index (κ2) is 6.97. The van der Waals surface area contributed by atoms with Gasteiger partial charge >= 0.3 is 7.32 Å². The molecule has 0 aromatic carbocycles. The van der Waals surface area contributed by atoms with Gasteiger partial charge in [-0.3, -0.25) is 0 Å². The monoisotopic (exact) mass is 220 g/mol. The van der Waals surface area contributed by atoms with Gasteiger partial charge in [-0.25, -0.2) is 0 Å². The Labute approximate surface area is 90.9 Å². The molecule has 0 aliphatic rings. The first kappa shape index (κ1) is 17.0. The normalized spacial score (nSPS) is 14.7. The molecule has 0 fully saturated rings. The smallest absolute Gasteiger partial charge is 0.402 e. The highest BCUT2D eigenvalue weighted by Crippen LogP contribution is 2.25. The van der Waals surface area contributed by atoms with E-state index in [1.54, 1.807) is 26.8 Å². The molecule has 5 nitrogen and oxygen atoms in total. The standard InChI is InChI=1S/C9H18O2.BH3O3/c1-5-6-7-9(4,11)8(2,3)10;2-1(3)4/h5,10-11H,1,6-7H2,2-4H3;2-4H. The van der Waals surface area contributed by atoms with Crippen LogP contribution < -0.4 is 0 Å². The maximum absolute atomic E-state index is 9.68. The minimum absolute atomic E-state index is 0.542. The number of rotatable bonds is 4. The number of hydrogen-bond acceptors (Lipinski definition) is 5. The van der Waals surface area contributed by atoms with Gasteiger partial charge in [-0.05, 0) is 33.6 Å². The van der Waals surface area contributed by atoms with E-state index in [4.69, 9.17) is 15.1 Å². The van der Waals surface area contributed by atoms with Crippen molar-refractivity contribution in [1.82, 2.24) is 0 Å². The van der Waals surface area contributed by atoms with Crippen molar-refractivity contribution in [2.75, 3.05) is 0 Å². The summed E-state index contributed by atoms with van der Waals surface area (Å²) in [4.78, 5) is 0. The topological polar surface area (TPSA) is 101 Å². The van der Waals surface area contributed by atoms with E-state index in [9.17, 15) is 10.2 Å². The predicted molar refractivity (Wildman–Crippen MR) is 58.8 cm³/mol. The van der Waals surface area contributed by atoms with Crippen LogP contribution >= 0.6 is 0 Å². The third-order valence-electron chi connectivity index (χ3n) is 2.15. The lowest BCUT2D eigenvalue weighted by atomic mass is 9.84. The van der Waals surface area contributed by atoms with E-state index in [2.05, 4.69) is 6.58 Å². The molecule has 0 aliphatic heterocycles. The van der Waals surface area contributed by atoms with Gasteiger partial charge in [0.2, 0.25) is 0 Å². The summed E-state index contributed by atoms with van der Waals surface area (Å²) in [5.41, 5.74) is -2.07. The zero-order valence-electron chi connectivity index (χ0n) is 9.51. The maximum atomic E-state index is 9.68. The lowest BCUT2D eigenvalue weighted by molar-refractivity contribution is -0.123. The summed E-state index contributed by atoms with van der Waals surface area (Å²) in [5, 5.41) is 40.7. The zero-order chi connectivity index (χ0) is 12.7. The maximum Gasteiger partial charge on any atom is 0.631 e. The van der Waals surface area contributed by atoms with Crippen molar-refractivity contribution in [2.45, 2.75) is 44.8 Å². The summed E-state index contributed by atoms with van der Waals surface area (Å²) in [6.07, 6.45) is 3.00. The van der Waals surface area contributed by atoms with Crippen molar-refractivity contribution >= 4 is 7.32 Å². The Morgan fingerprint density at radius 2 is 1.47 bits per heavy atom. The summed E-state index contributed by atoms with van der Waals surface area (Å²) in [6.45, 7) is 8.40. The van der Waals surface area contributed by atoms with Crippen LogP contribution in [0.15, 0.2) is 12.7 Å². The summed E-state index contributed by atoms with van der Waals surface area (Å²) < 4.78 is 0. The number of hydrogen-bond donors (Lipinski definition) is 5. The molecule has 0 saturated carbocycles. The fraction of sp³-hybridized carbons (Fsp3) is 0.778. The van der Waals surface area contributed by atoms with Gasteiger partial charge in [-0.15, -0.1) is 6.58 Å². The molecule has 90 valence electrons. The predicted octanol–water partition coefficient (Wildman–Crippen LogP) is -0.577. The molecular weight excluding hydrogens is 199 g/mol. The summed E-state index contributed by atoms with van der Waals surface area (Å²) in [5.74, 6) is 0. The van der Waals surface area contributed by atoms with E-state index in [0.717, 1.165) is 6.42 Å². The van der Waals surface area contributed by atoms with Gasteiger partial charge in [0.15, 0.2) is 0 Å². The van der Waals surface area contributed by atoms with Crippen LogP contribution in [0, 0.1) is 0 Å². The first-order valence-electron chi connectivity index (χ1n) is 4.64. The Balaban J connectivity index is 0. The van der Waals surface area contributed by atoms with E-state index in [1.807, 2.05) is 0 Å². The van der Waals surface area contributed by atoms with E-state index < -0.39 is 18.5 Å². The Kier molecular flexibility index (Phi) is 7.91. The summed E-state index contributed by atoms with van der Waals surface area (Å²) >= 11 is 0. The molecule has 6 heteroatoms. The molecular formula is C9H21BO5. The fourth-order valence-electron chi connectivity index (χ4n) is 0.689. The average Bonchev–Trinajstić information content (AvgIpc) is 1.97. The lowest BCUT2D eigenvalue weighted by Crippen LogP contribution is -2.47. The number of aliphatic hydroxyl groups is 2. The van der Waals surface area contributed by atoms with Gasteiger partial charge in [0, 0.05) is 0 Å². The molecule has 0 saturated heterocycles. The molecule has 5 N–H and O–H groups in total. The van der Waals surface area contributed by atoms with Crippen LogP contribution in [0.3, 0.4) is 0 Å². The second-order valence-corrected chi connectivity index (χ2v) is 4.01. The molecule has 0 bridgehead atoms. The van der Waals surface area contributed by atoms with Crippen LogP contribution in [0.4, 0.5) is 0 Å². The molecule has 0 aromatic heterocycles. The Morgan fingerprint density at radius 3 is 1.67 bits per heavy atom. The van der Waals surface area contributed by atoms with E-state index in [0.29, 0.717) is 6.42 Å². The van der Waals surface area contributed by atoms with Crippen LogP contribution in [0.5, 0.6) is 0 Å². The van der Waals surface area contributed by atoms with Crippen LogP contribution in [-0.4, -0.2) is 43.8 Å². The highest BCUT2D eigenvalue weighted by molar-refractivity contribution is 6.30. The first-order valence-corrected chi connectivity index (χ1v) is 4.64. The molecule has 15 heavy (non-hydrogen) atoms. The van der Waals surface area contributed by atoms with Crippen molar-refractivity contribution in [1.29, 1.82) is 0 Å². The molecule has 0 spiro atoms. The van der Waals surface area contributed by atoms with E-state index in [-0.39, 0.29) is 0 Å². The highest BCUT2D eigenvalue weighted by atomic mass is 16.5. The van der Waals surface area contributed by atoms with Crippen LogP contribution in [0.2, 0.25) is 0 Å². The van der Waals surface area contributed by atoms with Crippen LogP contribution in [-0.2, 0) is 0 Å². The molecule has 0 radical (unpaired) electrons. The third-order valence-corrected chi connectivity index (χ3v) is 2.15. The highest BCUT2D eigenvalue weighted by Gasteiger charge is 2.36. The molecule has 1 atom stereocenters. The Morgan fingerprint density at radius 1 is 1.13 bits per heavy atom. The molecule has 0 heterocycles. The summed E-state index contributed by atoms with van der Waals surface area (Å²) in [7, 11) is -2.17. The Bertz CT molecular complexity index is 171. The van der Waals surface area contributed by atoms with E-state index >= 15 is 0 Å². The van der Waals surface area contributed by atoms with Gasteiger partial charge in [0.05, 0.1) is 11.2 Å². The largest absolute Gasteiger partial charge is 0.631 e. The minimum Gasteiger partial charge on any atom is -0.402 e. The number of allylic oxidation sites excluding steroid dienone is 1. The second-order valence-electron chi connectivity index (χ2n) is 4.01. The lowest BCUT2D eigenvalue weighted by Gasteiger charge is -2.35. The molecule has 0 amide bonds. The minimum atomic E-state index is -2.17. The first-order chi connectivity index (χ1) is 6.54. The molecule has 0 rings (SSSR count). The average molecular weight is 220 g/mol. The summed E-state index contributed by atoms with van der Waals surface area (Å²) in [6, 6.07) is 0. The Hall–Kier alpha value is -0.395. The van der Waals surface area contributed by atoms with Crippen molar-refractivity contribution in [3.63, 3.8) is 0 Å². The van der Waals surface area contributed by atoms with E-state index in [1.165, 1.54) is 0 Å². The van der Waals surface area contributed by atoms with Crippen LogP contribution in [0.25, 0.3) is 0 Å². The van der Waals surface area contributed by atoms with Crippen molar-refractivity contribution in [3.05, 3.63) is 12.7 Å². The van der Waals surface area contributed by atoms with Gasteiger partial charge in [0.1, 0.15) is 0 Å². The van der Waals surface area contributed by atoms with Crippen LogP contribution in [0.1, 0.15) is 33.6 Å². The SMILES string of the molecule is C=CCCC(C)(O)C(C)(C)O.OB(O)O. The quantitative estimate of drug-likeness (QED) is 0.322. The van der Waals surface area contributed by atoms with Crippen molar-refractivity contribution in [3.8, 4) is 0 Å². The zero-order valence-corrected chi connectivity index (χ0v) is 9.51. The molecule has 0 aromatic rings. The van der Waals surface area contributed by atoms with Gasteiger partial charge in [-0.1, -0.05) is 6.08 Å². The third kappa shape index (κ3) is 9.90. The molecule has 0 aliphatic carbocycles.